The van der Waals surface area contributed by atoms with Crippen LogP contribution in [0.15, 0.2) is 9.79 Å². The first-order valence-corrected chi connectivity index (χ1v) is 18.9. The molecule has 8 atom stereocenters. The number of thioether (sulfide) groups is 2. The Hall–Kier alpha value is -0.700. The first-order valence-electron chi connectivity index (χ1n) is 15.5. The summed E-state index contributed by atoms with van der Waals surface area (Å²) < 4.78 is 30.1. The minimum Gasteiger partial charge on any atom is -0.299 e. The quantitative estimate of drug-likeness (QED) is 0.248. The van der Waals surface area contributed by atoms with E-state index in [4.69, 9.17) is 0 Å². The van der Waals surface area contributed by atoms with Crippen LogP contribution in [0, 0.1) is 33.9 Å². The third-order valence-electron chi connectivity index (χ3n) is 10.4. The number of fused-ring (bicyclic) bond motifs is 10. The fourth-order valence-electron chi connectivity index (χ4n) is 8.50. The van der Waals surface area contributed by atoms with Gasteiger partial charge in [-0.25, -0.2) is 0 Å². The van der Waals surface area contributed by atoms with Crippen LogP contribution in [-0.4, -0.2) is 22.1 Å². The van der Waals surface area contributed by atoms with Gasteiger partial charge in [0.05, 0.1) is 11.8 Å². The molecule has 8 heteroatoms. The second-order valence-electron chi connectivity index (χ2n) is 12.7. The molecule has 3 saturated carbocycles. The first-order chi connectivity index (χ1) is 19.4. The molecule has 216 valence electrons. The highest BCUT2D eigenvalue weighted by Crippen LogP contribution is 2.68. The average molecular weight is 621 g/mol. The highest BCUT2D eigenvalue weighted by Gasteiger charge is 2.64. The molecule has 2 nitrogen and oxygen atoms in total. The van der Waals surface area contributed by atoms with Gasteiger partial charge in [-0.15, -0.1) is 46.2 Å². The molecule has 3 aliphatic carbocycles. The van der Waals surface area contributed by atoms with Gasteiger partial charge in [0.1, 0.15) is 11.6 Å². The summed E-state index contributed by atoms with van der Waals surface area (Å²) in [6, 6.07) is 0. The number of halogens is 2. The van der Waals surface area contributed by atoms with E-state index in [-0.39, 0.29) is 56.3 Å². The Kier molecular flexibility index (Phi) is 7.79. The molecule has 0 bridgehead atoms. The monoisotopic (exact) mass is 620 g/mol. The Morgan fingerprint density at radius 3 is 1.48 bits per heavy atom. The van der Waals surface area contributed by atoms with Crippen LogP contribution >= 0.6 is 46.2 Å². The maximum absolute atomic E-state index is 15.0. The van der Waals surface area contributed by atoms with E-state index in [9.17, 15) is 9.59 Å². The Morgan fingerprint density at radius 2 is 1.07 bits per heavy atom. The van der Waals surface area contributed by atoms with Crippen LogP contribution in [0.1, 0.15) is 111 Å². The molecular weight excluding hydrogens is 583 g/mol. The highest BCUT2D eigenvalue weighted by atomic mass is 32.2. The summed E-state index contributed by atoms with van der Waals surface area (Å²) in [5, 5.41) is 0.132. The second-order valence-corrected chi connectivity index (χ2v) is 17.0. The lowest BCUT2D eigenvalue weighted by Crippen LogP contribution is -2.36. The van der Waals surface area contributed by atoms with Crippen molar-refractivity contribution in [2.45, 2.75) is 123 Å². The average Bonchev–Trinajstić information content (AvgIpc) is 3.73. The van der Waals surface area contributed by atoms with E-state index in [1.54, 1.807) is 23.5 Å². The minimum absolute atomic E-state index is 0.0221. The lowest BCUT2D eigenvalue weighted by Gasteiger charge is -2.36. The van der Waals surface area contributed by atoms with Gasteiger partial charge >= 0.3 is 0 Å². The summed E-state index contributed by atoms with van der Waals surface area (Å²) >= 11 is 5.95. The number of carbonyl (C=O) groups excluding carboxylic acids is 2. The first kappa shape index (κ1) is 28.1. The number of unbranched alkanes of at least 4 members (excludes halogenated alkanes) is 6. The summed E-state index contributed by atoms with van der Waals surface area (Å²) in [7, 11) is 0. The van der Waals surface area contributed by atoms with Crippen LogP contribution in [0.4, 0.5) is 8.78 Å². The molecule has 2 aromatic heterocycles. The zero-order valence-electron chi connectivity index (χ0n) is 23.3. The zero-order chi connectivity index (χ0) is 27.7. The molecule has 0 saturated heterocycles. The van der Waals surface area contributed by atoms with E-state index in [1.807, 2.05) is 0 Å². The van der Waals surface area contributed by atoms with E-state index < -0.39 is 0 Å². The smallest absolute Gasteiger partial charge is 0.181 e. The normalized spacial score (nSPS) is 33.2. The molecule has 8 unspecified atom stereocenters. The van der Waals surface area contributed by atoms with E-state index >= 15 is 8.78 Å². The van der Waals surface area contributed by atoms with Gasteiger partial charge in [-0.1, -0.05) is 52.4 Å². The summed E-state index contributed by atoms with van der Waals surface area (Å²) in [6.07, 6.45) is 11.9. The van der Waals surface area contributed by atoms with Crippen LogP contribution in [0.2, 0.25) is 0 Å². The molecule has 0 N–H and O–H groups in total. The third kappa shape index (κ3) is 4.27. The molecule has 7 rings (SSSR count). The van der Waals surface area contributed by atoms with Crippen molar-refractivity contribution < 1.29 is 18.4 Å². The lowest BCUT2D eigenvalue weighted by molar-refractivity contribution is -0.127. The Labute approximate surface area is 252 Å². The van der Waals surface area contributed by atoms with E-state index in [0.717, 1.165) is 94.9 Å². The largest absolute Gasteiger partial charge is 0.299 e. The number of ketones is 2. The zero-order valence-corrected chi connectivity index (χ0v) is 26.6. The molecule has 0 radical (unpaired) electrons. The van der Waals surface area contributed by atoms with Crippen molar-refractivity contribution in [3.8, 4) is 0 Å². The predicted octanol–water partition coefficient (Wildman–Crippen LogP) is 9.57. The molecule has 2 aromatic rings. The van der Waals surface area contributed by atoms with Crippen molar-refractivity contribution in [2.75, 3.05) is 0 Å². The number of thiophene rings is 2. The summed E-state index contributed by atoms with van der Waals surface area (Å²) in [4.78, 5) is 31.9. The Balaban J connectivity index is 1.09. The standard InChI is InChI=1S/C32H38F2O2S4/c1-3-5-7-9-11-15-27-29(39-31(15)33)21-23(35)17-14-20-18(13-19(17)25(21)37-27)24(36)22-26(20)38-28-16(12-10-8-6-4-2)32(34)40-30(22)28/h17-22,25-26H,3-14H2,1-2H3. The van der Waals surface area contributed by atoms with Crippen LogP contribution in [0.25, 0.3) is 0 Å². The van der Waals surface area contributed by atoms with Crippen molar-refractivity contribution >= 4 is 57.8 Å². The summed E-state index contributed by atoms with van der Waals surface area (Å²) in [5.74, 6) is 0.569. The van der Waals surface area contributed by atoms with Crippen LogP contribution < -0.4 is 0 Å². The molecule has 3 fully saturated rings. The summed E-state index contributed by atoms with van der Waals surface area (Å²) in [5.41, 5.74) is 1.68. The van der Waals surface area contributed by atoms with Gasteiger partial charge in [0, 0.05) is 53.0 Å². The Bertz CT molecular complexity index is 1230. The van der Waals surface area contributed by atoms with Gasteiger partial charge in [0.15, 0.2) is 10.3 Å². The van der Waals surface area contributed by atoms with Crippen molar-refractivity contribution in [3.05, 3.63) is 31.1 Å². The molecule has 40 heavy (non-hydrogen) atoms. The molecule has 2 aliphatic heterocycles. The van der Waals surface area contributed by atoms with Crippen molar-refractivity contribution in [2.24, 2.45) is 23.7 Å². The molecule has 0 amide bonds. The molecule has 4 heterocycles. The van der Waals surface area contributed by atoms with E-state index in [0.29, 0.717) is 11.6 Å². The van der Waals surface area contributed by atoms with Gasteiger partial charge in [-0.05, 0) is 50.4 Å². The maximum atomic E-state index is 15.0. The second kappa shape index (κ2) is 11.1. The third-order valence-corrected chi connectivity index (χ3v) is 16.1. The lowest BCUT2D eigenvalue weighted by atomic mass is 9.70. The van der Waals surface area contributed by atoms with Crippen molar-refractivity contribution in [1.82, 2.24) is 0 Å². The van der Waals surface area contributed by atoms with Crippen LogP contribution in [0.3, 0.4) is 0 Å². The number of carbonyl (C=O) groups is 2. The van der Waals surface area contributed by atoms with Gasteiger partial charge < -0.3 is 0 Å². The molecule has 5 aliphatic rings. The van der Waals surface area contributed by atoms with E-state index in [2.05, 4.69) is 13.8 Å². The van der Waals surface area contributed by atoms with Crippen molar-refractivity contribution in [1.29, 1.82) is 0 Å². The highest BCUT2D eigenvalue weighted by molar-refractivity contribution is 8.01. The molecule has 0 spiro atoms. The number of hydrogen-bond acceptors (Lipinski definition) is 6. The van der Waals surface area contributed by atoms with Crippen molar-refractivity contribution in [3.63, 3.8) is 0 Å². The number of hydrogen-bond donors (Lipinski definition) is 0. The summed E-state index contributed by atoms with van der Waals surface area (Å²) in [6.45, 7) is 4.37. The van der Waals surface area contributed by atoms with Gasteiger partial charge in [-0.2, -0.15) is 8.78 Å². The fraction of sp³-hybridized carbons (Fsp3) is 0.688. The Morgan fingerprint density at radius 1 is 0.650 bits per heavy atom. The van der Waals surface area contributed by atoms with Gasteiger partial charge in [-0.3, -0.25) is 9.59 Å². The van der Waals surface area contributed by atoms with Crippen LogP contribution in [-0.2, 0) is 22.4 Å². The number of Topliss-reactive ketones (excluding diaryl/α,β-unsaturated/α-hetero) is 2. The predicted molar refractivity (Wildman–Crippen MR) is 162 cm³/mol. The van der Waals surface area contributed by atoms with Crippen LogP contribution in [0.5, 0.6) is 0 Å². The maximum Gasteiger partial charge on any atom is 0.181 e. The molecular formula is C32H38F2O2S4. The topological polar surface area (TPSA) is 34.1 Å². The SMILES string of the molecule is CCCCCCc1c(F)sc2c1SC1C2C(=O)C2CC3C(CC21)C(=O)C1c2sc(F)c(CCCCCC)c2SC13. The van der Waals surface area contributed by atoms with E-state index in [1.165, 1.54) is 35.5 Å². The van der Waals surface area contributed by atoms with Gasteiger partial charge in [0.2, 0.25) is 0 Å². The fourth-order valence-corrected chi connectivity index (χ4v) is 15.1. The number of rotatable bonds is 10. The molecule has 0 aromatic carbocycles. The van der Waals surface area contributed by atoms with Gasteiger partial charge in [0.25, 0.3) is 0 Å². The minimum atomic E-state index is -0.190.